The average Bonchev–Trinajstić information content (AvgIpc) is 2.94. The van der Waals surface area contributed by atoms with Gasteiger partial charge in [0.15, 0.2) is 0 Å². The fourth-order valence-corrected chi connectivity index (χ4v) is 1.71. The van der Waals surface area contributed by atoms with E-state index >= 15 is 0 Å². The summed E-state index contributed by atoms with van der Waals surface area (Å²) in [6.07, 6.45) is -1.83. The van der Waals surface area contributed by atoms with Crippen LogP contribution in [0.1, 0.15) is 11.3 Å². The summed E-state index contributed by atoms with van der Waals surface area (Å²) in [6, 6.07) is 7.58. The van der Waals surface area contributed by atoms with E-state index in [-0.39, 0.29) is 5.69 Å². The van der Waals surface area contributed by atoms with E-state index in [1.54, 1.807) is 24.3 Å². The van der Waals surface area contributed by atoms with Crippen molar-refractivity contribution in [3.05, 3.63) is 47.7 Å². The first-order valence-corrected chi connectivity index (χ1v) is 5.90. The van der Waals surface area contributed by atoms with Gasteiger partial charge >= 0.3 is 12.1 Å². The van der Waals surface area contributed by atoms with Crippen LogP contribution in [0.4, 0.5) is 13.2 Å². The fourth-order valence-electron chi connectivity index (χ4n) is 1.71. The summed E-state index contributed by atoms with van der Waals surface area (Å²) in [6.45, 7) is 0. The van der Waals surface area contributed by atoms with E-state index in [0.717, 1.165) is 6.07 Å². The van der Waals surface area contributed by atoms with Crippen molar-refractivity contribution in [2.45, 2.75) is 6.18 Å². The molecule has 7 heteroatoms. The monoisotopic (exact) mass is 296 g/mol. The number of methoxy groups -OCH3 is 1. The van der Waals surface area contributed by atoms with Crippen LogP contribution in [0.3, 0.4) is 0 Å². The number of aromatic amines is 1. The van der Waals surface area contributed by atoms with E-state index < -0.39 is 17.8 Å². The molecule has 0 unspecified atom stereocenters. The lowest BCUT2D eigenvalue weighted by molar-refractivity contribution is -0.141. The number of nitrogens with one attached hydrogen (secondary N) is 1. The SMILES string of the molecule is COC(=O)/C=C/c1ccccc1-c1cc(C(F)(F)F)[nH]n1. The molecule has 0 fully saturated rings. The summed E-state index contributed by atoms with van der Waals surface area (Å²) in [4.78, 5) is 11.1. The van der Waals surface area contributed by atoms with Crippen LogP contribution in [0, 0.1) is 0 Å². The molecule has 0 saturated carbocycles. The van der Waals surface area contributed by atoms with Gasteiger partial charge in [-0.2, -0.15) is 18.3 Å². The topological polar surface area (TPSA) is 55.0 Å². The maximum Gasteiger partial charge on any atom is 0.432 e. The number of aromatic nitrogens is 2. The van der Waals surface area contributed by atoms with Gasteiger partial charge in [-0.05, 0) is 17.7 Å². The molecule has 0 atom stereocenters. The predicted molar refractivity (Wildman–Crippen MR) is 70.1 cm³/mol. The summed E-state index contributed by atoms with van der Waals surface area (Å²) >= 11 is 0. The second kappa shape index (κ2) is 5.82. The summed E-state index contributed by atoms with van der Waals surface area (Å²) in [5, 5.41) is 5.62. The summed E-state index contributed by atoms with van der Waals surface area (Å²) in [7, 11) is 1.24. The van der Waals surface area contributed by atoms with Gasteiger partial charge in [-0.3, -0.25) is 5.10 Å². The first kappa shape index (κ1) is 14.8. The molecule has 1 heterocycles. The number of halogens is 3. The highest BCUT2D eigenvalue weighted by molar-refractivity contribution is 5.88. The average molecular weight is 296 g/mol. The molecule has 0 aliphatic rings. The second-order valence-corrected chi connectivity index (χ2v) is 4.11. The Kier molecular flexibility index (Phi) is 4.11. The highest BCUT2D eigenvalue weighted by atomic mass is 19.4. The van der Waals surface area contributed by atoms with Crippen molar-refractivity contribution < 1.29 is 22.7 Å². The van der Waals surface area contributed by atoms with Crippen molar-refractivity contribution in [1.29, 1.82) is 0 Å². The number of ether oxygens (including phenoxy) is 1. The lowest BCUT2D eigenvalue weighted by Crippen LogP contribution is -2.04. The van der Waals surface area contributed by atoms with Crippen molar-refractivity contribution in [2.24, 2.45) is 0 Å². The van der Waals surface area contributed by atoms with Crippen LogP contribution in [-0.2, 0) is 15.7 Å². The van der Waals surface area contributed by atoms with Crippen LogP contribution >= 0.6 is 0 Å². The molecule has 0 bridgehead atoms. The number of carbonyl (C=O) groups excluding carboxylic acids is 1. The van der Waals surface area contributed by atoms with Crippen molar-refractivity contribution in [3.63, 3.8) is 0 Å². The molecule has 2 rings (SSSR count). The Hall–Kier alpha value is -2.57. The molecule has 1 N–H and O–H groups in total. The van der Waals surface area contributed by atoms with Crippen LogP contribution in [0.5, 0.6) is 0 Å². The molecule has 0 aliphatic carbocycles. The third kappa shape index (κ3) is 3.50. The number of benzene rings is 1. The molecule has 0 spiro atoms. The van der Waals surface area contributed by atoms with E-state index in [1.165, 1.54) is 19.3 Å². The Morgan fingerprint density at radius 1 is 1.33 bits per heavy atom. The zero-order chi connectivity index (χ0) is 15.5. The molecule has 110 valence electrons. The van der Waals surface area contributed by atoms with Crippen LogP contribution in [-0.4, -0.2) is 23.3 Å². The number of esters is 1. The number of hydrogen-bond acceptors (Lipinski definition) is 3. The van der Waals surface area contributed by atoms with Crippen LogP contribution in [0.25, 0.3) is 17.3 Å². The van der Waals surface area contributed by atoms with Gasteiger partial charge in [0.2, 0.25) is 0 Å². The lowest BCUT2D eigenvalue weighted by Gasteiger charge is -2.02. The maximum absolute atomic E-state index is 12.6. The van der Waals surface area contributed by atoms with Crippen molar-refractivity contribution in [1.82, 2.24) is 10.2 Å². The first-order valence-electron chi connectivity index (χ1n) is 5.90. The third-order valence-electron chi connectivity index (χ3n) is 2.72. The van der Waals surface area contributed by atoms with Crippen molar-refractivity contribution in [2.75, 3.05) is 7.11 Å². The van der Waals surface area contributed by atoms with Gasteiger partial charge < -0.3 is 4.74 Å². The highest BCUT2D eigenvalue weighted by Crippen LogP contribution is 2.31. The third-order valence-corrected chi connectivity index (χ3v) is 2.72. The molecule has 0 amide bonds. The number of hydrogen-bond donors (Lipinski definition) is 1. The molecule has 2 aromatic rings. The zero-order valence-electron chi connectivity index (χ0n) is 10.9. The van der Waals surface area contributed by atoms with E-state index in [1.807, 2.05) is 5.10 Å². The van der Waals surface area contributed by atoms with Crippen LogP contribution in [0.15, 0.2) is 36.4 Å². The highest BCUT2D eigenvalue weighted by Gasteiger charge is 2.33. The molecule has 21 heavy (non-hydrogen) atoms. The van der Waals surface area contributed by atoms with Crippen LogP contribution in [0.2, 0.25) is 0 Å². The molecule has 0 aliphatic heterocycles. The van der Waals surface area contributed by atoms with Gasteiger partial charge in [-0.15, -0.1) is 0 Å². The normalized spacial score (nSPS) is 11.8. The van der Waals surface area contributed by atoms with E-state index in [0.29, 0.717) is 11.1 Å². The number of rotatable bonds is 3. The molecule has 1 aromatic heterocycles. The quantitative estimate of drug-likeness (QED) is 0.698. The summed E-state index contributed by atoms with van der Waals surface area (Å²) in [5.74, 6) is -0.553. The van der Waals surface area contributed by atoms with Gasteiger partial charge in [0, 0.05) is 11.6 Å². The molecule has 0 radical (unpaired) electrons. The van der Waals surface area contributed by atoms with Gasteiger partial charge in [0.05, 0.1) is 12.8 Å². The zero-order valence-corrected chi connectivity index (χ0v) is 10.9. The van der Waals surface area contributed by atoms with Gasteiger partial charge in [0.25, 0.3) is 0 Å². The largest absolute Gasteiger partial charge is 0.466 e. The van der Waals surface area contributed by atoms with Crippen molar-refractivity contribution in [3.8, 4) is 11.3 Å². The van der Waals surface area contributed by atoms with Gasteiger partial charge in [-0.25, -0.2) is 4.79 Å². The number of H-pyrrole nitrogens is 1. The minimum Gasteiger partial charge on any atom is -0.466 e. The van der Waals surface area contributed by atoms with E-state index in [4.69, 9.17) is 0 Å². The number of alkyl halides is 3. The minimum atomic E-state index is -4.48. The molecular formula is C14H11F3N2O2. The number of nitrogens with zero attached hydrogens (tertiary/aromatic N) is 1. The smallest absolute Gasteiger partial charge is 0.432 e. The standard InChI is InChI=1S/C14H11F3N2O2/c1-21-13(20)7-6-9-4-2-3-5-10(9)11-8-12(19-18-11)14(15,16)17/h2-8H,1H3,(H,18,19)/b7-6+. The molecule has 1 aromatic carbocycles. The Morgan fingerprint density at radius 2 is 2.05 bits per heavy atom. The van der Waals surface area contributed by atoms with Gasteiger partial charge in [-0.1, -0.05) is 24.3 Å². The summed E-state index contributed by atoms with van der Waals surface area (Å²) < 4.78 is 42.2. The van der Waals surface area contributed by atoms with Crippen LogP contribution < -0.4 is 0 Å². The maximum atomic E-state index is 12.6. The minimum absolute atomic E-state index is 0.146. The Labute approximate surface area is 118 Å². The Morgan fingerprint density at radius 3 is 2.67 bits per heavy atom. The summed E-state index contributed by atoms with van der Waals surface area (Å²) in [5.41, 5.74) is 0.254. The van der Waals surface area contributed by atoms with E-state index in [2.05, 4.69) is 9.84 Å². The van der Waals surface area contributed by atoms with E-state index in [9.17, 15) is 18.0 Å². The molecule has 4 nitrogen and oxygen atoms in total. The lowest BCUT2D eigenvalue weighted by atomic mass is 10.0. The molecular weight excluding hydrogens is 285 g/mol. The predicted octanol–water partition coefficient (Wildman–Crippen LogP) is 3.28. The second-order valence-electron chi connectivity index (χ2n) is 4.11. The van der Waals surface area contributed by atoms with Gasteiger partial charge in [0.1, 0.15) is 5.69 Å². The first-order chi connectivity index (χ1) is 9.91. The Balaban J connectivity index is 2.38. The van der Waals surface area contributed by atoms with Crippen molar-refractivity contribution >= 4 is 12.0 Å². The Bertz CT molecular complexity index is 675. The fraction of sp³-hybridized carbons (Fsp3) is 0.143. The molecule has 0 saturated heterocycles. The number of carbonyl (C=O) groups is 1.